The average Bonchev–Trinajstić information content (AvgIpc) is 3.38. The molecule has 1 N–H and O–H groups in total. The molecule has 48 heavy (non-hydrogen) atoms. The Kier molecular flexibility index (Phi) is 6.94. The number of benzene rings is 3. The van der Waals surface area contributed by atoms with Crippen molar-refractivity contribution in [2.24, 2.45) is 17.8 Å². The van der Waals surface area contributed by atoms with Gasteiger partial charge in [0.15, 0.2) is 33.0 Å². The quantitative estimate of drug-likeness (QED) is 0.0810. The smallest absolute Gasteiger partial charge is 0.258 e. The average molecular weight is 707 g/mol. The van der Waals surface area contributed by atoms with Gasteiger partial charge in [0.1, 0.15) is 11.4 Å². The first-order valence-electron chi connectivity index (χ1n) is 15.0. The highest BCUT2D eigenvalue weighted by Gasteiger charge is 2.77. The van der Waals surface area contributed by atoms with Crippen LogP contribution in [0.5, 0.6) is 5.75 Å². The molecule has 0 bridgehead atoms. The minimum Gasteiger partial charge on any atom is -0.508 e. The van der Waals surface area contributed by atoms with Crippen LogP contribution in [0.3, 0.4) is 0 Å². The molecule has 4 amide bonds. The molecule has 2 saturated heterocycles. The van der Waals surface area contributed by atoms with Crippen molar-refractivity contribution in [3.8, 4) is 5.75 Å². The van der Waals surface area contributed by atoms with Crippen LogP contribution in [0.25, 0.3) is 10.8 Å². The maximum absolute atomic E-state index is 15.2. The van der Waals surface area contributed by atoms with Crippen molar-refractivity contribution in [2.75, 3.05) is 4.90 Å². The van der Waals surface area contributed by atoms with Crippen molar-refractivity contribution in [2.45, 2.75) is 54.8 Å². The minimum absolute atomic E-state index is 0.00142. The third-order valence-electron chi connectivity index (χ3n) is 10.1. The van der Waals surface area contributed by atoms with E-state index in [0.29, 0.717) is 10.8 Å². The fourth-order valence-electron chi connectivity index (χ4n) is 8.13. The summed E-state index contributed by atoms with van der Waals surface area (Å²) in [7, 11) is 0. The third-order valence-corrected chi connectivity index (χ3v) is 11.5. The van der Waals surface area contributed by atoms with Gasteiger partial charge >= 0.3 is 0 Å². The molecule has 0 spiro atoms. The van der Waals surface area contributed by atoms with Crippen LogP contribution in [-0.4, -0.2) is 48.9 Å². The lowest BCUT2D eigenvalue weighted by atomic mass is 9.56. The van der Waals surface area contributed by atoms with E-state index in [-0.39, 0.29) is 22.5 Å². The summed E-state index contributed by atoms with van der Waals surface area (Å²) in [5.41, 5.74) is -2.57. The van der Waals surface area contributed by atoms with Gasteiger partial charge in [0.05, 0.1) is 11.8 Å². The number of phenolic OH excluding ortho intramolecular Hbond substituents is 1. The molecule has 1 saturated carbocycles. The van der Waals surface area contributed by atoms with E-state index < -0.39 is 110 Å². The highest BCUT2D eigenvalue weighted by Crippen LogP contribution is 2.67. The zero-order chi connectivity index (χ0) is 35.0. The molecule has 4 aliphatic rings. The molecule has 3 fully saturated rings. The molecule has 0 unspecified atom stereocenters. The highest BCUT2D eigenvalue weighted by atomic mass is 35.5. The van der Waals surface area contributed by atoms with E-state index in [9.17, 15) is 37.5 Å². The molecule has 14 heteroatoms. The van der Waals surface area contributed by atoms with Gasteiger partial charge < -0.3 is 5.11 Å². The van der Waals surface area contributed by atoms with Crippen LogP contribution >= 0.6 is 23.2 Å². The molecule has 0 aromatic heterocycles. The Bertz CT molecular complexity index is 2040. The molecule has 7 rings (SSSR count). The number of likely N-dealkylation sites (tertiary alicyclic amines) is 1. The predicted octanol–water partition coefficient (Wildman–Crippen LogP) is 6.60. The second kappa shape index (κ2) is 10.2. The van der Waals surface area contributed by atoms with Crippen LogP contribution in [0.4, 0.5) is 27.6 Å². The second-order valence-electron chi connectivity index (χ2n) is 13.6. The molecular formula is C34H25Cl2F5N2O5. The zero-order valence-corrected chi connectivity index (χ0v) is 26.9. The first-order valence-corrected chi connectivity index (χ1v) is 15.7. The number of carbonyl (C=O) groups excluding carboxylic acids is 4. The van der Waals surface area contributed by atoms with Gasteiger partial charge in [-0.15, -0.1) is 23.2 Å². The van der Waals surface area contributed by atoms with Crippen LogP contribution in [0.15, 0.2) is 48.0 Å². The lowest BCUT2D eigenvalue weighted by Crippen LogP contribution is -2.60. The van der Waals surface area contributed by atoms with E-state index >= 15 is 8.78 Å². The molecule has 3 aromatic carbocycles. The van der Waals surface area contributed by atoms with Gasteiger partial charge in [-0.1, -0.05) is 42.0 Å². The summed E-state index contributed by atoms with van der Waals surface area (Å²) in [5.74, 6) is -21.6. The largest absolute Gasteiger partial charge is 0.508 e. The minimum atomic E-state index is -2.74. The van der Waals surface area contributed by atoms with E-state index in [4.69, 9.17) is 23.2 Å². The number of halogens is 7. The van der Waals surface area contributed by atoms with Crippen LogP contribution in [0.2, 0.25) is 0 Å². The zero-order valence-electron chi connectivity index (χ0n) is 25.4. The molecule has 250 valence electrons. The summed E-state index contributed by atoms with van der Waals surface area (Å²) in [6.07, 6.45) is 0.969. The summed E-state index contributed by atoms with van der Waals surface area (Å²) in [4.78, 5) is 52.0. The molecule has 2 aliphatic carbocycles. The van der Waals surface area contributed by atoms with Crippen molar-refractivity contribution in [3.63, 3.8) is 0 Å². The molecule has 2 aliphatic heterocycles. The summed E-state index contributed by atoms with van der Waals surface area (Å²) in [6.45, 7) is 5.00. The molecule has 0 radical (unpaired) electrons. The fourth-order valence-corrected chi connectivity index (χ4v) is 9.05. The number of amides is 4. The number of imide groups is 2. The molecular weight excluding hydrogens is 682 g/mol. The van der Waals surface area contributed by atoms with Gasteiger partial charge in [-0.2, -0.15) is 0 Å². The fraction of sp³-hybridized carbons (Fsp3) is 0.353. The van der Waals surface area contributed by atoms with E-state index in [2.05, 4.69) is 0 Å². The van der Waals surface area contributed by atoms with Crippen molar-refractivity contribution in [1.82, 2.24) is 4.90 Å². The lowest BCUT2D eigenvalue weighted by molar-refractivity contribution is -0.145. The topological polar surface area (TPSA) is 95.0 Å². The summed E-state index contributed by atoms with van der Waals surface area (Å²) >= 11 is 14.4. The number of phenols is 1. The molecule has 3 aromatic rings. The van der Waals surface area contributed by atoms with E-state index in [1.807, 2.05) is 0 Å². The van der Waals surface area contributed by atoms with Crippen LogP contribution in [0, 0.1) is 46.8 Å². The molecule has 7 nitrogen and oxygen atoms in total. The van der Waals surface area contributed by atoms with Crippen molar-refractivity contribution < 1.29 is 46.2 Å². The van der Waals surface area contributed by atoms with Gasteiger partial charge in [0, 0.05) is 17.0 Å². The molecule has 2 heterocycles. The lowest BCUT2D eigenvalue weighted by Gasteiger charge is -2.51. The Labute approximate surface area is 279 Å². The highest BCUT2D eigenvalue weighted by molar-refractivity contribution is 6.58. The first kappa shape index (κ1) is 32.5. The molecule has 6 atom stereocenters. The summed E-state index contributed by atoms with van der Waals surface area (Å²) in [5, 5.41) is 12.3. The number of hydrogen-bond acceptors (Lipinski definition) is 5. The summed E-state index contributed by atoms with van der Waals surface area (Å²) < 4.78 is 73.4. The number of nitrogens with zero attached hydrogens (tertiary/aromatic N) is 2. The van der Waals surface area contributed by atoms with E-state index in [1.165, 1.54) is 6.07 Å². The SMILES string of the molecule is CC(C)(C)N1C(=O)[C@H]2[C@H](CC=C3[C@H]2C[C@@]2(Cl)C(=O)N(c4c(F)c(F)c(F)c(F)c4F)C(=O)[C@@]2(Cl)[C@H]3c2c(O)ccc3ccccc23)C1=O. The number of allylic oxidation sites excluding steroid dienone is 2. The maximum atomic E-state index is 15.2. The van der Waals surface area contributed by atoms with Crippen LogP contribution in [0.1, 0.15) is 45.1 Å². The monoisotopic (exact) mass is 706 g/mol. The Morgan fingerprint density at radius 2 is 1.42 bits per heavy atom. The number of anilines is 1. The first-order chi connectivity index (χ1) is 22.4. The van der Waals surface area contributed by atoms with Crippen molar-refractivity contribution in [1.29, 1.82) is 0 Å². The van der Waals surface area contributed by atoms with Crippen LogP contribution in [-0.2, 0) is 19.2 Å². The number of hydrogen-bond donors (Lipinski definition) is 1. The van der Waals surface area contributed by atoms with E-state index in [1.54, 1.807) is 57.2 Å². The maximum Gasteiger partial charge on any atom is 0.258 e. The Morgan fingerprint density at radius 1 is 0.812 bits per heavy atom. The van der Waals surface area contributed by atoms with Gasteiger partial charge in [0.2, 0.25) is 17.6 Å². The third kappa shape index (κ3) is 3.87. The number of carbonyl (C=O) groups is 4. The van der Waals surface area contributed by atoms with E-state index in [0.717, 1.165) is 4.90 Å². The van der Waals surface area contributed by atoms with Gasteiger partial charge in [0.25, 0.3) is 11.8 Å². The second-order valence-corrected chi connectivity index (χ2v) is 14.8. The Morgan fingerprint density at radius 3 is 2.04 bits per heavy atom. The summed E-state index contributed by atoms with van der Waals surface area (Å²) in [6, 6.07) is 9.45. The normalized spacial score (nSPS) is 30.2. The Hall–Kier alpha value is -4.03. The number of fused-ring (bicyclic) bond motifs is 5. The standard InChI is InChI=1S/C34H25Cl2F5N2O5/c1-32(2,3)43-28(45)16-10-9-15-17(19(16)29(43)46)12-33(35)30(47)42(27-25(40)23(38)22(37)24(39)26(27)41)31(48)34(33,36)21(15)20-14-7-5-4-6-13(14)8-11-18(20)44/h4-9,11,16-17,19,21,44H,10,12H2,1-3H3/t16-,17+,19-,21+,33+,34-/m0/s1. The predicted molar refractivity (Wildman–Crippen MR) is 164 cm³/mol. The van der Waals surface area contributed by atoms with Crippen molar-refractivity contribution in [3.05, 3.63) is 82.7 Å². The Balaban J connectivity index is 1.52. The van der Waals surface area contributed by atoms with Crippen LogP contribution < -0.4 is 4.90 Å². The van der Waals surface area contributed by atoms with Gasteiger partial charge in [-0.25, -0.2) is 26.9 Å². The van der Waals surface area contributed by atoms with Crippen molar-refractivity contribution >= 4 is 63.3 Å². The number of alkyl halides is 2. The number of aromatic hydroxyl groups is 1. The number of rotatable bonds is 2. The van der Waals surface area contributed by atoms with Gasteiger partial charge in [-0.05, 0) is 56.4 Å². The van der Waals surface area contributed by atoms with Gasteiger partial charge in [-0.3, -0.25) is 24.1 Å².